The van der Waals surface area contributed by atoms with Crippen LogP contribution in [-0.4, -0.2) is 14.8 Å². The first-order valence-corrected chi connectivity index (χ1v) is 6.97. The van der Waals surface area contributed by atoms with E-state index in [-0.39, 0.29) is 5.82 Å². The van der Waals surface area contributed by atoms with Gasteiger partial charge < -0.3 is 5.32 Å². The molecule has 0 atom stereocenters. The van der Waals surface area contributed by atoms with E-state index in [1.807, 2.05) is 24.0 Å². The Hall–Kier alpha value is -2.43. The Bertz CT molecular complexity index is 779. The Balaban J connectivity index is 1.88. The topological polar surface area (TPSA) is 42.7 Å². The number of pyridine rings is 1. The summed E-state index contributed by atoms with van der Waals surface area (Å²) in [4.78, 5) is 4.20. The molecule has 0 fully saturated rings. The molecule has 4 nitrogen and oxygen atoms in total. The highest BCUT2D eigenvalue weighted by atomic mass is 19.1. The molecule has 3 aromatic rings. The van der Waals surface area contributed by atoms with Crippen molar-refractivity contribution in [3.05, 3.63) is 53.7 Å². The van der Waals surface area contributed by atoms with E-state index < -0.39 is 0 Å². The van der Waals surface area contributed by atoms with Gasteiger partial charge in [0.1, 0.15) is 5.82 Å². The first-order chi connectivity index (χ1) is 10.2. The highest BCUT2D eigenvalue weighted by molar-refractivity contribution is 5.90. The summed E-state index contributed by atoms with van der Waals surface area (Å²) >= 11 is 0. The number of nitrogens with zero attached hydrogens (tertiary/aromatic N) is 3. The van der Waals surface area contributed by atoms with E-state index in [2.05, 4.69) is 22.3 Å². The maximum Gasteiger partial charge on any atom is 0.125 e. The van der Waals surface area contributed by atoms with Gasteiger partial charge in [0.25, 0.3) is 0 Å². The highest BCUT2D eigenvalue weighted by Gasteiger charge is 2.07. The second-order valence-corrected chi connectivity index (χ2v) is 5.00. The van der Waals surface area contributed by atoms with Crippen LogP contribution in [0.2, 0.25) is 0 Å². The Morgan fingerprint density at radius 1 is 1.29 bits per heavy atom. The molecular weight excluding hydrogens is 267 g/mol. The van der Waals surface area contributed by atoms with Crippen LogP contribution in [0.3, 0.4) is 0 Å². The lowest BCUT2D eigenvalue weighted by Crippen LogP contribution is -2.02. The number of anilines is 1. The molecule has 0 amide bonds. The number of rotatable bonds is 4. The lowest BCUT2D eigenvalue weighted by molar-refractivity contribution is 0.629. The number of benzene rings is 1. The van der Waals surface area contributed by atoms with Gasteiger partial charge in [0.2, 0.25) is 0 Å². The Morgan fingerprint density at radius 3 is 2.95 bits per heavy atom. The van der Waals surface area contributed by atoms with Gasteiger partial charge in [0.05, 0.1) is 11.2 Å². The first kappa shape index (κ1) is 13.5. The Kier molecular flexibility index (Phi) is 3.56. The second kappa shape index (κ2) is 5.52. The van der Waals surface area contributed by atoms with Crippen molar-refractivity contribution in [1.82, 2.24) is 14.8 Å². The summed E-state index contributed by atoms with van der Waals surface area (Å²) in [6, 6.07) is 6.56. The molecule has 108 valence electrons. The predicted molar refractivity (Wildman–Crippen MR) is 81.6 cm³/mol. The third kappa shape index (κ3) is 2.72. The van der Waals surface area contributed by atoms with Gasteiger partial charge in [-0.25, -0.2) is 4.39 Å². The van der Waals surface area contributed by atoms with Crippen LogP contribution >= 0.6 is 0 Å². The van der Waals surface area contributed by atoms with Crippen LogP contribution in [0.1, 0.15) is 18.2 Å². The van der Waals surface area contributed by atoms with Crippen LogP contribution in [0.5, 0.6) is 0 Å². The van der Waals surface area contributed by atoms with Crippen molar-refractivity contribution < 1.29 is 4.39 Å². The van der Waals surface area contributed by atoms with Gasteiger partial charge in [0.15, 0.2) is 0 Å². The van der Waals surface area contributed by atoms with Crippen molar-refractivity contribution in [3.63, 3.8) is 0 Å². The number of fused-ring (bicyclic) bond motifs is 1. The number of nitrogens with one attached hydrogen (secondary N) is 1. The zero-order valence-electron chi connectivity index (χ0n) is 12.1. The summed E-state index contributed by atoms with van der Waals surface area (Å²) in [6.07, 6.45) is 4.61. The largest absolute Gasteiger partial charge is 0.380 e. The zero-order valence-corrected chi connectivity index (χ0v) is 12.1. The summed E-state index contributed by atoms with van der Waals surface area (Å²) in [7, 11) is 1.92. The SMILES string of the molecule is CCc1nn(C)cc1CNc1ccnc2cc(F)ccc12. The number of halogens is 1. The van der Waals surface area contributed by atoms with Crippen molar-refractivity contribution in [1.29, 1.82) is 0 Å². The van der Waals surface area contributed by atoms with Crippen LogP contribution in [-0.2, 0) is 20.0 Å². The molecule has 1 N–H and O–H groups in total. The third-order valence-corrected chi connectivity index (χ3v) is 3.50. The van der Waals surface area contributed by atoms with E-state index in [1.54, 1.807) is 12.3 Å². The van der Waals surface area contributed by atoms with Crippen molar-refractivity contribution in [2.75, 3.05) is 5.32 Å². The fraction of sp³-hybridized carbons (Fsp3) is 0.250. The number of hydrogen-bond donors (Lipinski definition) is 1. The third-order valence-electron chi connectivity index (χ3n) is 3.50. The van der Waals surface area contributed by atoms with Gasteiger partial charge in [-0.15, -0.1) is 0 Å². The molecule has 21 heavy (non-hydrogen) atoms. The maximum absolute atomic E-state index is 13.2. The van der Waals surface area contributed by atoms with Crippen molar-refractivity contribution in [3.8, 4) is 0 Å². The van der Waals surface area contributed by atoms with Crippen LogP contribution in [0.15, 0.2) is 36.7 Å². The normalized spacial score (nSPS) is 11.0. The first-order valence-electron chi connectivity index (χ1n) is 6.97. The molecule has 0 radical (unpaired) electrons. The average Bonchev–Trinajstić information content (AvgIpc) is 2.84. The van der Waals surface area contributed by atoms with Crippen LogP contribution in [0.25, 0.3) is 10.9 Å². The Labute approximate surface area is 122 Å². The summed E-state index contributed by atoms with van der Waals surface area (Å²) in [5, 5.41) is 8.74. The molecule has 0 aliphatic heterocycles. The molecule has 0 saturated carbocycles. The van der Waals surface area contributed by atoms with Crippen LogP contribution in [0.4, 0.5) is 10.1 Å². The van der Waals surface area contributed by atoms with Crippen molar-refractivity contribution in [2.24, 2.45) is 7.05 Å². The van der Waals surface area contributed by atoms with Crippen LogP contribution in [0, 0.1) is 5.82 Å². The minimum atomic E-state index is -0.271. The molecule has 2 heterocycles. The highest BCUT2D eigenvalue weighted by Crippen LogP contribution is 2.23. The minimum absolute atomic E-state index is 0.271. The lowest BCUT2D eigenvalue weighted by Gasteiger charge is -2.09. The zero-order chi connectivity index (χ0) is 14.8. The van der Waals surface area contributed by atoms with E-state index >= 15 is 0 Å². The monoisotopic (exact) mass is 284 g/mol. The maximum atomic E-state index is 13.2. The van der Waals surface area contributed by atoms with Gasteiger partial charge in [-0.3, -0.25) is 9.67 Å². The predicted octanol–water partition coefficient (Wildman–Crippen LogP) is 3.28. The molecule has 5 heteroatoms. The molecule has 1 aromatic carbocycles. The van der Waals surface area contributed by atoms with E-state index in [0.717, 1.165) is 23.2 Å². The molecule has 0 aliphatic rings. The molecule has 0 aliphatic carbocycles. The van der Waals surface area contributed by atoms with Crippen LogP contribution < -0.4 is 5.32 Å². The summed E-state index contributed by atoms with van der Waals surface area (Å²) in [5.41, 5.74) is 3.87. The number of aromatic nitrogens is 3. The Morgan fingerprint density at radius 2 is 2.14 bits per heavy atom. The van der Waals surface area contributed by atoms with Crippen molar-refractivity contribution in [2.45, 2.75) is 19.9 Å². The van der Waals surface area contributed by atoms with E-state index in [0.29, 0.717) is 12.1 Å². The van der Waals surface area contributed by atoms with Gasteiger partial charge in [-0.1, -0.05) is 6.92 Å². The second-order valence-electron chi connectivity index (χ2n) is 5.00. The number of hydrogen-bond acceptors (Lipinski definition) is 3. The van der Waals surface area contributed by atoms with Gasteiger partial charge in [-0.05, 0) is 24.6 Å². The van der Waals surface area contributed by atoms with E-state index in [9.17, 15) is 4.39 Å². The average molecular weight is 284 g/mol. The van der Waals surface area contributed by atoms with E-state index in [1.165, 1.54) is 17.7 Å². The smallest absolute Gasteiger partial charge is 0.125 e. The van der Waals surface area contributed by atoms with Crippen molar-refractivity contribution >= 4 is 16.6 Å². The fourth-order valence-electron chi connectivity index (χ4n) is 2.49. The molecule has 0 saturated heterocycles. The minimum Gasteiger partial charge on any atom is -0.380 e. The quantitative estimate of drug-likeness (QED) is 0.799. The molecule has 0 bridgehead atoms. The van der Waals surface area contributed by atoms with Gasteiger partial charge in [-0.2, -0.15) is 5.10 Å². The fourth-order valence-corrected chi connectivity index (χ4v) is 2.49. The lowest BCUT2D eigenvalue weighted by atomic mass is 10.1. The van der Waals surface area contributed by atoms with Gasteiger partial charge >= 0.3 is 0 Å². The molecular formula is C16H17FN4. The molecule has 0 unspecified atom stereocenters. The standard InChI is InChI=1S/C16H17FN4/c1-3-14-11(10-21(2)20-14)9-19-15-6-7-18-16-8-12(17)4-5-13(15)16/h4-8,10H,3,9H2,1-2H3,(H,18,19). The summed E-state index contributed by atoms with van der Waals surface area (Å²) in [6.45, 7) is 2.78. The van der Waals surface area contributed by atoms with Gasteiger partial charge in [0, 0.05) is 48.7 Å². The van der Waals surface area contributed by atoms with E-state index in [4.69, 9.17) is 0 Å². The summed E-state index contributed by atoms with van der Waals surface area (Å²) < 4.78 is 15.1. The summed E-state index contributed by atoms with van der Waals surface area (Å²) in [5.74, 6) is -0.271. The molecule has 0 spiro atoms. The number of aryl methyl sites for hydroxylation is 2. The molecule has 3 rings (SSSR count). The molecule has 2 aromatic heterocycles.